The van der Waals surface area contributed by atoms with E-state index >= 15 is 0 Å². The number of nitrogens with zero attached hydrogens (tertiary/aromatic N) is 1. The predicted molar refractivity (Wildman–Crippen MR) is 133 cm³/mol. The first-order chi connectivity index (χ1) is 16.5. The van der Waals surface area contributed by atoms with Crippen LogP contribution in [0.15, 0.2) is 48.5 Å². The van der Waals surface area contributed by atoms with Crippen LogP contribution in [0.3, 0.4) is 0 Å². The highest BCUT2D eigenvalue weighted by atomic mass is 19.1. The van der Waals surface area contributed by atoms with Gasteiger partial charge in [0.15, 0.2) is 0 Å². The summed E-state index contributed by atoms with van der Waals surface area (Å²) in [5, 5.41) is 0. The molecule has 0 aromatic heterocycles. The molecule has 2 rings (SSSR count). The molecule has 0 heterocycles. The molecule has 0 saturated heterocycles. The maximum absolute atomic E-state index is 13.8. The molecule has 1 atom stereocenters. The molecule has 2 aromatic carbocycles. The van der Waals surface area contributed by atoms with Gasteiger partial charge < -0.3 is 14.4 Å². The van der Waals surface area contributed by atoms with Crippen molar-refractivity contribution >= 4 is 18.1 Å². The van der Waals surface area contributed by atoms with Gasteiger partial charge in [0.1, 0.15) is 5.60 Å². The normalized spacial score (nSPS) is 12.1. The number of benzene rings is 2. The van der Waals surface area contributed by atoms with Crippen molar-refractivity contribution in [2.45, 2.75) is 71.9 Å². The maximum Gasteiger partial charge on any atom is 0.410 e. The minimum atomic E-state index is -1.52. The highest BCUT2D eigenvalue weighted by molar-refractivity contribution is 5.90. The summed E-state index contributed by atoms with van der Waals surface area (Å²) < 4.78 is 24.6. The second-order valence-corrected chi connectivity index (χ2v) is 9.57. The zero-order valence-electron chi connectivity index (χ0n) is 21.3. The number of halogens is 1. The molecule has 1 unspecified atom stereocenters. The van der Waals surface area contributed by atoms with Crippen molar-refractivity contribution in [2.24, 2.45) is 0 Å². The summed E-state index contributed by atoms with van der Waals surface area (Å²) in [6.07, 6.45) is 1.77. The number of hydrogen-bond donors (Lipinski definition) is 0. The summed E-state index contributed by atoms with van der Waals surface area (Å²) in [6, 6.07) is 12.9. The molecule has 0 fully saturated rings. The van der Waals surface area contributed by atoms with Gasteiger partial charge in [0.25, 0.3) is 0 Å². The van der Waals surface area contributed by atoms with Gasteiger partial charge in [0.05, 0.1) is 18.1 Å². The summed E-state index contributed by atoms with van der Waals surface area (Å²) >= 11 is 0. The van der Waals surface area contributed by atoms with E-state index in [1.807, 2.05) is 37.3 Å². The Morgan fingerprint density at radius 3 is 2.34 bits per heavy atom. The topological polar surface area (TPSA) is 72.9 Å². The van der Waals surface area contributed by atoms with Crippen LogP contribution in [0.5, 0.6) is 0 Å². The van der Waals surface area contributed by atoms with Gasteiger partial charge in [-0.05, 0) is 69.4 Å². The number of hydrogen-bond acceptors (Lipinski definition) is 5. The molecule has 1 amide bonds. The fourth-order valence-electron chi connectivity index (χ4n) is 3.47. The minimum absolute atomic E-state index is 0.110. The van der Waals surface area contributed by atoms with Crippen molar-refractivity contribution in [1.82, 2.24) is 4.90 Å². The van der Waals surface area contributed by atoms with Gasteiger partial charge in [-0.2, -0.15) is 4.39 Å². The summed E-state index contributed by atoms with van der Waals surface area (Å²) in [7, 11) is 0. The molecule has 7 heteroatoms. The van der Waals surface area contributed by atoms with Gasteiger partial charge in [-0.15, -0.1) is 0 Å². The van der Waals surface area contributed by atoms with Crippen LogP contribution < -0.4 is 0 Å². The Kier molecular flexibility index (Phi) is 10.4. The van der Waals surface area contributed by atoms with Crippen LogP contribution in [0.25, 0.3) is 0 Å². The SMILES string of the molecule is CCCCOC(=O)N(CCc1ccccc1)Cc1ccc(C(=O)OC(C)(C)C)cc1C(C)C(=O)F. The number of amides is 1. The Morgan fingerprint density at radius 1 is 1.06 bits per heavy atom. The van der Waals surface area contributed by atoms with Crippen LogP contribution in [0.1, 0.15) is 80.4 Å². The van der Waals surface area contributed by atoms with Crippen molar-refractivity contribution in [3.05, 3.63) is 70.8 Å². The zero-order chi connectivity index (χ0) is 26.0. The van der Waals surface area contributed by atoms with Crippen LogP contribution in [0.4, 0.5) is 9.18 Å². The number of carbonyl (C=O) groups excluding carboxylic acids is 3. The number of unbranched alkanes of at least 4 members (excludes halogenated alkanes) is 1. The van der Waals surface area contributed by atoms with Crippen molar-refractivity contribution in [1.29, 1.82) is 0 Å². The van der Waals surface area contributed by atoms with Crippen LogP contribution in [0, 0.1) is 0 Å². The van der Waals surface area contributed by atoms with Gasteiger partial charge >= 0.3 is 18.1 Å². The van der Waals surface area contributed by atoms with Crippen molar-refractivity contribution in [3.8, 4) is 0 Å². The average Bonchev–Trinajstić information content (AvgIpc) is 2.80. The van der Waals surface area contributed by atoms with E-state index < -0.39 is 29.6 Å². The van der Waals surface area contributed by atoms with E-state index in [4.69, 9.17) is 9.47 Å². The fraction of sp³-hybridized carbons (Fsp3) is 0.464. The van der Waals surface area contributed by atoms with E-state index in [2.05, 4.69) is 0 Å². The molecule has 35 heavy (non-hydrogen) atoms. The van der Waals surface area contributed by atoms with Gasteiger partial charge in [-0.25, -0.2) is 9.59 Å². The Bertz CT molecular complexity index is 1000. The standard InChI is InChI=1S/C28H36FNO5/c1-6-7-17-34-27(33)30(16-15-21-11-9-8-10-12-21)19-23-14-13-22(26(32)35-28(3,4)5)18-24(23)20(2)25(29)31/h8-14,18,20H,6-7,15-17,19H2,1-5H3. The van der Waals surface area contributed by atoms with E-state index in [-0.39, 0.29) is 12.1 Å². The monoisotopic (exact) mass is 485 g/mol. The van der Waals surface area contributed by atoms with Gasteiger partial charge in [0.2, 0.25) is 0 Å². The van der Waals surface area contributed by atoms with Crippen LogP contribution >= 0.6 is 0 Å². The first kappa shape index (κ1) is 28.0. The average molecular weight is 486 g/mol. The van der Waals surface area contributed by atoms with Crippen molar-refractivity contribution in [3.63, 3.8) is 0 Å². The lowest BCUT2D eigenvalue weighted by molar-refractivity contribution is -0.130. The van der Waals surface area contributed by atoms with Crippen LogP contribution in [0.2, 0.25) is 0 Å². The first-order valence-corrected chi connectivity index (χ1v) is 12.0. The fourth-order valence-corrected chi connectivity index (χ4v) is 3.47. The molecule has 0 aliphatic heterocycles. The van der Waals surface area contributed by atoms with Crippen molar-refractivity contribution < 1.29 is 28.2 Å². The minimum Gasteiger partial charge on any atom is -0.456 e. The van der Waals surface area contributed by atoms with Gasteiger partial charge in [0, 0.05) is 13.1 Å². The Labute approximate surface area is 207 Å². The van der Waals surface area contributed by atoms with Crippen LogP contribution in [-0.4, -0.2) is 41.8 Å². The van der Waals surface area contributed by atoms with Crippen molar-refractivity contribution in [2.75, 3.05) is 13.2 Å². The lowest BCUT2D eigenvalue weighted by Crippen LogP contribution is -2.34. The predicted octanol–water partition coefficient (Wildman–Crippen LogP) is 6.22. The Balaban J connectivity index is 2.34. The van der Waals surface area contributed by atoms with E-state index in [0.717, 1.165) is 18.4 Å². The molecule has 2 aromatic rings. The summed E-state index contributed by atoms with van der Waals surface area (Å²) in [6.45, 7) is 9.50. The lowest BCUT2D eigenvalue weighted by atomic mass is 9.93. The molecule has 0 saturated carbocycles. The first-order valence-electron chi connectivity index (χ1n) is 12.0. The largest absolute Gasteiger partial charge is 0.456 e. The number of rotatable bonds is 11. The molecule has 0 aliphatic rings. The summed E-state index contributed by atoms with van der Waals surface area (Å²) in [4.78, 5) is 38.6. The third kappa shape index (κ3) is 9.15. The van der Waals surface area contributed by atoms with E-state index in [0.29, 0.717) is 30.7 Å². The Hall–Kier alpha value is -3.22. The van der Waals surface area contributed by atoms with E-state index in [1.54, 1.807) is 37.8 Å². The summed E-state index contributed by atoms with van der Waals surface area (Å²) in [5.41, 5.74) is 1.48. The molecule has 0 aliphatic carbocycles. The number of esters is 1. The molecule has 6 nitrogen and oxygen atoms in total. The molecule has 0 N–H and O–H groups in total. The molecule has 0 radical (unpaired) electrons. The molecule has 190 valence electrons. The highest BCUT2D eigenvalue weighted by Gasteiger charge is 2.25. The smallest absolute Gasteiger partial charge is 0.410 e. The third-order valence-corrected chi connectivity index (χ3v) is 5.44. The van der Waals surface area contributed by atoms with Gasteiger partial charge in [-0.1, -0.05) is 49.7 Å². The van der Waals surface area contributed by atoms with E-state index in [1.165, 1.54) is 13.0 Å². The second kappa shape index (κ2) is 13.0. The molecular formula is C28H36FNO5. The highest BCUT2D eigenvalue weighted by Crippen LogP contribution is 2.26. The van der Waals surface area contributed by atoms with E-state index in [9.17, 15) is 18.8 Å². The molecule has 0 bridgehead atoms. The number of carbonyl (C=O) groups is 3. The van der Waals surface area contributed by atoms with Crippen LogP contribution in [-0.2, 0) is 27.2 Å². The molecular weight excluding hydrogens is 449 g/mol. The number of ether oxygens (including phenoxy) is 2. The maximum atomic E-state index is 13.8. The lowest BCUT2D eigenvalue weighted by Gasteiger charge is -2.25. The Morgan fingerprint density at radius 2 is 1.74 bits per heavy atom. The van der Waals surface area contributed by atoms with Gasteiger partial charge in [-0.3, -0.25) is 4.79 Å². The quantitative estimate of drug-likeness (QED) is 0.215. The second-order valence-electron chi connectivity index (χ2n) is 9.57. The summed E-state index contributed by atoms with van der Waals surface area (Å²) in [5.74, 6) is -1.66. The zero-order valence-corrected chi connectivity index (χ0v) is 21.3. The molecule has 0 spiro atoms. The third-order valence-electron chi connectivity index (χ3n) is 5.44.